The first-order valence-corrected chi connectivity index (χ1v) is 32.1. The normalized spacial score (nSPS) is 21.7. The molecule has 432 valence electrons. The molecule has 4 aliphatic rings. The Hall–Kier alpha value is -7.22. The lowest BCUT2D eigenvalue weighted by Gasteiger charge is -2.36. The van der Waals surface area contributed by atoms with Crippen LogP contribution in [-0.2, 0) is 48.0 Å². The number of hydrogen-bond donors (Lipinski definition) is 8. The number of benzene rings is 4. The molecule has 81 heavy (non-hydrogen) atoms. The molecule has 2 aliphatic heterocycles. The number of anilines is 1. The molecule has 9 atom stereocenters. The van der Waals surface area contributed by atoms with Gasteiger partial charge in [0.25, 0.3) is 11.8 Å². The number of amides is 8. The minimum absolute atomic E-state index is 0.0300. The summed E-state index contributed by atoms with van der Waals surface area (Å²) in [6.45, 7) is 13.4. The lowest BCUT2D eigenvalue weighted by atomic mass is 9.85. The van der Waals surface area contributed by atoms with Crippen molar-refractivity contribution in [1.82, 2.24) is 47.0 Å². The summed E-state index contributed by atoms with van der Waals surface area (Å²) < 4.78 is 0. The highest BCUT2D eigenvalue weighted by atomic mass is 28.3. The number of aryl methyl sites for hydroxylation is 2. The number of nitrogens with one attached hydrogen (secondary N) is 8. The van der Waals surface area contributed by atoms with Gasteiger partial charge in [0.05, 0.1) is 32.2 Å². The molecule has 0 aromatic heterocycles. The average molecular weight is 1120 g/mol. The molecular weight excluding hydrogens is 1040 g/mol. The Kier molecular flexibility index (Phi) is 19.0. The molecule has 0 bridgehead atoms. The van der Waals surface area contributed by atoms with Crippen LogP contribution in [-0.4, -0.2) is 134 Å². The lowest BCUT2D eigenvalue weighted by Crippen LogP contribution is -2.59. The Labute approximate surface area is 477 Å². The molecule has 4 aromatic carbocycles. The molecule has 0 spiro atoms. The van der Waals surface area contributed by atoms with Gasteiger partial charge in [0.1, 0.15) is 24.2 Å². The van der Waals surface area contributed by atoms with E-state index in [-0.39, 0.29) is 72.1 Å². The summed E-state index contributed by atoms with van der Waals surface area (Å²) in [7, 11) is 1.31. The van der Waals surface area contributed by atoms with Gasteiger partial charge in [0.15, 0.2) is 0 Å². The van der Waals surface area contributed by atoms with Crippen LogP contribution < -0.4 is 42.5 Å². The molecule has 8 rings (SSSR count). The molecule has 8 N–H and O–H groups in total. The monoisotopic (exact) mass is 1120 g/mol. The van der Waals surface area contributed by atoms with Crippen molar-refractivity contribution < 1.29 is 38.4 Å². The van der Waals surface area contributed by atoms with Gasteiger partial charge in [-0.3, -0.25) is 38.4 Å². The zero-order valence-electron chi connectivity index (χ0n) is 48.4. The Morgan fingerprint density at radius 1 is 0.617 bits per heavy atom. The first kappa shape index (κ1) is 59.9. The number of carbonyl (C=O) groups excluding carboxylic acids is 8. The van der Waals surface area contributed by atoms with Crippen molar-refractivity contribution in [2.24, 2.45) is 5.41 Å². The van der Waals surface area contributed by atoms with Gasteiger partial charge >= 0.3 is 0 Å². The van der Waals surface area contributed by atoms with Gasteiger partial charge in [-0.25, -0.2) is 0 Å². The van der Waals surface area contributed by atoms with E-state index in [1.54, 1.807) is 69.2 Å². The van der Waals surface area contributed by atoms with Crippen LogP contribution in [0, 0.1) is 5.41 Å². The van der Waals surface area contributed by atoms with E-state index in [0.29, 0.717) is 17.9 Å². The molecule has 0 saturated carbocycles. The Morgan fingerprint density at radius 2 is 1.14 bits per heavy atom. The molecule has 0 unspecified atom stereocenters. The highest BCUT2D eigenvalue weighted by Gasteiger charge is 2.48. The topological polar surface area (TPSA) is 239 Å². The van der Waals surface area contributed by atoms with E-state index in [9.17, 15) is 38.4 Å². The SMILES string of the molecule is CN[C@@H](C)C(=O)N[C@@H](Cc1ccc(NC(=O)c2ccc(C(=O)N[C@H]3C[C@@H](C(=O)N[C@@H]4CCCc5ccccc54)N(C(=O)[C@@H](NC(=O)[C@H](C)NC)C(C)(C)C)C3)cc2)cc1)C(=O)N1C[Si](C)(C)C[C@H]1C(=O)N[C@@H]1CCCc2ccccc21. The van der Waals surface area contributed by atoms with Crippen molar-refractivity contribution in [2.45, 2.75) is 159 Å². The van der Waals surface area contributed by atoms with Crippen molar-refractivity contribution >= 4 is 61.0 Å². The zero-order chi connectivity index (χ0) is 58.3. The highest BCUT2D eigenvalue weighted by molar-refractivity contribution is 6.79. The Balaban J connectivity index is 0.914. The van der Waals surface area contributed by atoms with Crippen molar-refractivity contribution in [1.29, 1.82) is 0 Å². The lowest BCUT2D eigenvalue weighted by molar-refractivity contribution is -0.144. The Bertz CT molecular complexity index is 2980. The molecule has 0 radical (unpaired) electrons. The minimum atomic E-state index is -2.02. The summed E-state index contributed by atoms with van der Waals surface area (Å²) in [6, 6.07) is 24.3. The molecule has 2 aliphatic carbocycles. The van der Waals surface area contributed by atoms with Crippen molar-refractivity contribution in [3.63, 3.8) is 0 Å². The van der Waals surface area contributed by atoms with E-state index in [0.717, 1.165) is 55.2 Å². The van der Waals surface area contributed by atoms with Gasteiger partial charge in [-0.05, 0) is 149 Å². The first-order chi connectivity index (χ1) is 38.5. The van der Waals surface area contributed by atoms with Crippen LogP contribution in [0.5, 0.6) is 0 Å². The van der Waals surface area contributed by atoms with E-state index >= 15 is 0 Å². The minimum Gasteiger partial charge on any atom is -0.348 e. The highest BCUT2D eigenvalue weighted by Crippen LogP contribution is 2.34. The third kappa shape index (κ3) is 14.5. The summed E-state index contributed by atoms with van der Waals surface area (Å²) in [5, 5.41) is 24.2. The van der Waals surface area contributed by atoms with E-state index < -0.39 is 73.5 Å². The second-order valence-electron chi connectivity index (χ2n) is 24.4. The van der Waals surface area contributed by atoms with E-state index in [4.69, 9.17) is 0 Å². The molecule has 19 heteroatoms. The molecule has 2 saturated heterocycles. The van der Waals surface area contributed by atoms with Crippen LogP contribution in [0.3, 0.4) is 0 Å². The van der Waals surface area contributed by atoms with Crippen LogP contribution in [0.25, 0.3) is 0 Å². The molecule has 18 nitrogen and oxygen atoms in total. The quantitative estimate of drug-likeness (QED) is 0.0602. The third-order valence-electron chi connectivity index (χ3n) is 16.6. The summed E-state index contributed by atoms with van der Waals surface area (Å²) >= 11 is 0. The zero-order valence-corrected chi connectivity index (χ0v) is 49.4. The van der Waals surface area contributed by atoms with E-state index in [1.165, 1.54) is 28.2 Å². The Morgan fingerprint density at radius 3 is 1.68 bits per heavy atom. The van der Waals surface area contributed by atoms with Gasteiger partial charge in [-0.1, -0.05) is 94.5 Å². The summed E-state index contributed by atoms with van der Waals surface area (Å²) in [4.78, 5) is 115. The van der Waals surface area contributed by atoms with E-state index in [1.807, 2.05) is 51.1 Å². The van der Waals surface area contributed by atoms with Gasteiger partial charge in [-0.2, -0.15) is 0 Å². The first-order valence-electron chi connectivity index (χ1n) is 28.7. The van der Waals surface area contributed by atoms with Gasteiger partial charge < -0.3 is 52.3 Å². The van der Waals surface area contributed by atoms with Crippen molar-refractivity contribution in [3.8, 4) is 0 Å². The van der Waals surface area contributed by atoms with Gasteiger partial charge in [0.2, 0.25) is 35.4 Å². The predicted octanol–water partition coefficient (Wildman–Crippen LogP) is 5.26. The van der Waals surface area contributed by atoms with Gasteiger partial charge in [0, 0.05) is 42.0 Å². The number of hydrogen-bond acceptors (Lipinski definition) is 10. The van der Waals surface area contributed by atoms with Crippen molar-refractivity contribution in [2.75, 3.05) is 32.1 Å². The number of likely N-dealkylation sites (N-methyl/N-ethyl adjacent to an activating group) is 2. The molecule has 2 fully saturated rings. The predicted molar refractivity (Wildman–Crippen MR) is 315 cm³/mol. The summed E-state index contributed by atoms with van der Waals surface area (Å²) in [6.07, 6.45) is 6.07. The third-order valence-corrected chi connectivity index (χ3v) is 19.3. The second kappa shape index (κ2) is 25.7. The fourth-order valence-electron chi connectivity index (χ4n) is 11.8. The van der Waals surface area contributed by atoms with E-state index in [2.05, 4.69) is 73.8 Å². The van der Waals surface area contributed by atoms with Crippen LogP contribution >= 0.6 is 0 Å². The fourth-order valence-corrected chi connectivity index (χ4v) is 14.6. The van der Waals surface area contributed by atoms with Crippen LogP contribution in [0.4, 0.5) is 5.69 Å². The van der Waals surface area contributed by atoms with Gasteiger partial charge in [-0.15, -0.1) is 0 Å². The standard InChI is InChI=1S/C62H82N10O8Si/c1-37(63-6)54(73)69-50(60(79)72-36-81(8,9)35-52(72)59(78)68-49-23-15-19-41-17-11-13-21-47(41)49)32-39-24-30-44(31-25-39)65-56(75)42-26-28-43(29-27-42)57(76)66-45-33-51(58(77)67-48-22-14-18-40-16-10-12-20-46(40)48)71(34-45)61(80)53(62(3,4)5)70-55(74)38(2)64-7/h10-13,16-17,20-21,24-31,37-38,45,48-53,63-64H,14-15,18-19,22-23,32-36H2,1-9H3,(H,65,75)(H,66,76)(H,67,77)(H,68,78)(H,69,73)(H,70,74)/t37-,38-,45-,48+,49+,50-,51-,52-,53+/m0/s1. The number of likely N-dealkylation sites (tertiary alicyclic amines) is 1. The maximum Gasteiger partial charge on any atom is 0.255 e. The van der Waals surface area contributed by atoms with Crippen LogP contribution in [0.2, 0.25) is 19.1 Å². The maximum absolute atomic E-state index is 14.7. The number of nitrogens with zero attached hydrogens (tertiary/aromatic N) is 2. The smallest absolute Gasteiger partial charge is 0.255 e. The van der Waals surface area contributed by atoms with Crippen LogP contribution in [0.15, 0.2) is 97.1 Å². The van der Waals surface area contributed by atoms with Crippen molar-refractivity contribution in [3.05, 3.63) is 136 Å². The van der Waals surface area contributed by atoms with Crippen LogP contribution in [0.1, 0.15) is 127 Å². The number of fused-ring (bicyclic) bond motifs is 2. The summed E-state index contributed by atoms with van der Waals surface area (Å²) in [5.74, 6) is -2.83. The molecule has 8 amide bonds. The molecule has 2 heterocycles. The number of carbonyl (C=O) groups is 8. The average Bonchev–Trinajstić information content (AvgIpc) is 4.29. The second-order valence-corrected chi connectivity index (χ2v) is 29.4. The number of rotatable bonds is 18. The maximum atomic E-state index is 14.7. The summed E-state index contributed by atoms with van der Waals surface area (Å²) in [5.41, 5.74) is 5.61. The molecular formula is C62H82N10O8Si. The molecule has 4 aromatic rings. The largest absolute Gasteiger partial charge is 0.348 e. The fraction of sp³-hybridized carbons (Fsp3) is 0.484.